The Balaban J connectivity index is 3.33. The van der Waals surface area contributed by atoms with Crippen molar-refractivity contribution in [2.24, 2.45) is 23.7 Å². The van der Waals surface area contributed by atoms with Crippen LogP contribution in [0.1, 0.15) is 110 Å². The summed E-state index contributed by atoms with van der Waals surface area (Å²) in [6, 6.07) is -1.19. The summed E-state index contributed by atoms with van der Waals surface area (Å²) in [5, 5.41) is 11.0. The fourth-order valence-electron chi connectivity index (χ4n) is 5.09. The molecule has 0 radical (unpaired) electrons. The third kappa shape index (κ3) is 11.2. The van der Waals surface area contributed by atoms with Gasteiger partial charge in [-0.15, -0.1) is 11.3 Å². The van der Waals surface area contributed by atoms with E-state index >= 15 is 0 Å². The molecule has 0 bridgehead atoms. The number of likely N-dealkylation sites (N-methyl/N-ethyl adjacent to an activating group) is 1. The molecule has 0 aliphatic carbocycles. The fraction of sp³-hybridized carbons (Fsp3) is 0.742. The molecule has 0 aromatic carbocycles. The summed E-state index contributed by atoms with van der Waals surface area (Å²) < 4.78 is 11.0. The molecule has 1 N–H and O–H groups in total. The van der Waals surface area contributed by atoms with Gasteiger partial charge in [0.15, 0.2) is 17.6 Å². The summed E-state index contributed by atoms with van der Waals surface area (Å²) in [6.45, 7) is 18.0. The van der Waals surface area contributed by atoms with Crippen LogP contribution in [0, 0.1) is 23.7 Å². The first-order chi connectivity index (χ1) is 19.7. The van der Waals surface area contributed by atoms with Crippen LogP contribution in [0.4, 0.5) is 4.79 Å². The number of carboxylic acid groups (broad SMARTS) is 1. The monoisotopic (exact) mass is 625 g/mol. The van der Waals surface area contributed by atoms with E-state index < -0.39 is 47.7 Å². The van der Waals surface area contributed by atoms with Crippen LogP contribution in [0.15, 0.2) is 5.38 Å². The van der Waals surface area contributed by atoms with Gasteiger partial charge in [-0.05, 0) is 38.5 Å². The fourth-order valence-corrected chi connectivity index (χ4v) is 5.92. The van der Waals surface area contributed by atoms with Crippen molar-refractivity contribution in [1.82, 2.24) is 14.8 Å². The minimum Gasteiger partial charge on any atom is -0.476 e. The lowest BCUT2D eigenvalue weighted by Crippen LogP contribution is -2.50. The zero-order chi connectivity index (χ0) is 33.4. The Morgan fingerprint density at radius 1 is 1.00 bits per heavy atom. The van der Waals surface area contributed by atoms with Crippen molar-refractivity contribution in [2.45, 2.75) is 112 Å². The Bertz CT molecular complexity index is 1130. The first-order valence-corrected chi connectivity index (χ1v) is 15.7. The highest BCUT2D eigenvalue weighted by Gasteiger charge is 2.39. The maximum absolute atomic E-state index is 14.1. The maximum atomic E-state index is 14.1. The third-order valence-corrected chi connectivity index (χ3v) is 8.46. The quantitative estimate of drug-likeness (QED) is 0.238. The van der Waals surface area contributed by atoms with Crippen molar-refractivity contribution in [3.05, 3.63) is 16.1 Å². The van der Waals surface area contributed by atoms with Gasteiger partial charge in [-0.1, -0.05) is 48.0 Å². The summed E-state index contributed by atoms with van der Waals surface area (Å²) in [7, 11) is 3.22. The van der Waals surface area contributed by atoms with Crippen LogP contribution in [0.3, 0.4) is 0 Å². The van der Waals surface area contributed by atoms with Gasteiger partial charge in [-0.2, -0.15) is 0 Å². The molecule has 43 heavy (non-hydrogen) atoms. The van der Waals surface area contributed by atoms with E-state index in [-0.39, 0.29) is 48.0 Å². The SMILES string of the molecule is CC[C@H](C)[C@H](CC(=O)[C@@H](C(C)C)N(C)C(=O)OC(C)(C)C)C(=O)N(C)[C@H](C[C@@H](OC(C)=O)c1nc(C(=O)O)cs1)C(C)C. The number of rotatable bonds is 15. The summed E-state index contributed by atoms with van der Waals surface area (Å²) in [6.07, 6.45) is -0.655. The van der Waals surface area contributed by atoms with Gasteiger partial charge < -0.3 is 24.4 Å². The number of aromatic nitrogens is 1. The summed E-state index contributed by atoms with van der Waals surface area (Å²) in [5.74, 6) is -3.25. The van der Waals surface area contributed by atoms with Gasteiger partial charge in [0.1, 0.15) is 10.6 Å². The molecule has 0 aliphatic heterocycles. The number of ether oxygens (including phenoxy) is 2. The average molecular weight is 626 g/mol. The molecule has 1 rings (SSSR count). The van der Waals surface area contributed by atoms with Gasteiger partial charge >= 0.3 is 18.0 Å². The second-order valence-corrected chi connectivity index (χ2v) is 13.8. The van der Waals surface area contributed by atoms with Crippen molar-refractivity contribution in [1.29, 1.82) is 0 Å². The second-order valence-electron chi connectivity index (χ2n) is 12.9. The molecule has 1 aromatic heterocycles. The Kier molecular flexibility index (Phi) is 14.3. The number of esters is 1. The predicted molar refractivity (Wildman–Crippen MR) is 165 cm³/mol. The average Bonchev–Trinajstić information content (AvgIpc) is 3.37. The van der Waals surface area contributed by atoms with Crippen LogP contribution in [-0.2, 0) is 23.9 Å². The third-order valence-electron chi connectivity index (χ3n) is 7.52. The number of carbonyl (C=O) groups is 5. The van der Waals surface area contributed by atoms with E-state index in [0.717, 1.165) is 11.3 Å². The van der Waals surface area contributed by atoms with Crippen molar-refractivity contribution < 1.29 is 38.6 Å². The number of Topliss-reactive ketones (excluding diaryl/α,β-unsaturated/α-hetero) is 1. The highest BCUT2D eigenvalue weighted by molar-refractivity contribution is 7.09. The van der Waals surface area contributed by atoms with Gasteiger partial charge in [0.2, 0.25) is 5.91 Å². The van der Waals surface area contributed by atoms with Gasteiger partial charge in [0.05, 0.1) is 6.04 Å². The molecule has 5 atom stereocenters. The lowest BCUT2D eigenvalue weighted by atomic mass is 9.82. The molecule has 244 valence electrons. The number of amides is 2. The smallest absolute Gasteiger partial charge is 0.410 e. The normalized spacial score (nSPS) is 15.3. The van der Waals surface area contributed by atoms with E-state index in [4.69, 9.17) is 9.47 Å². The highest BCUT2D eigenvalue weighted by Crippen LogP contribution is 2.32. The molecule has 11 nitrogen and oxygen atoms in total. The number of hydrogen-bond acceptors (Lipinski definition) is 9. The van der Waals surface area contributed by atoms with Crippen molar-refractivity contribution >= 4 is 41.1 Å². The first kappa shape index (κ1) is 38.0. The number of nitrogens with zero attached hydrogens (tertiary/aromatic N) is 3. The molecule has 0 unspecified atom stereocenters. The Labute approximate surface area is 260 Å². The Morgan fingerprint density at radius 2 is 1.58 bits per heavy atom. The topological polar surface area (TPSA) is 143 Å². The lowest BCUT2D eigenvalue weighted by molar-refractivity contribution is -0.149. The molecule has 2 amide bonds. The van der Waals surface area contributed by atoms with Gasteiger partial charge in [0, 0.05) is 51.2 Å². The minimum atomic E-state index is -1.19. The van der Waals surface area contributed by atoms with Gasteiger partial charge in [-0.25, -0.2) is 14.6 Å². The molecule has 0 spiro atoms. The number of carbonyl (C=O) groups excluding carboxylic acids is 4. The van der Waals surface area contributed by atoms with Crippen LogP contribution in [-0.4, -0.2) is 81.4 Å². The van der Waals surface area contributed by atoms with E-state index in [9.17, 15) is 29.1 Å². The summed E-state index contributed by atoms with van der Waals surface area (Å²) in [5.41, 5.74) is -0.869. The Hall–Kier alpha value is -3.02. The largest absolute Gasteiger partial charge is 0.476 e. The molecule has 0 fully saturated rings. The zero-order valence-corrected chi connectivity index (χ0v) is 28.6. The first-order valence-electron chi connectivity index (χ1n) is 14.8. The van der Waals surface area contributed by atoms with E-state index in [0.29, 0.717) is 11.4 Å². The van der Waals surface area contributed by atoms with Crippen molar-refractivity contribution in [3.63, 3.8) is 0 Å². The highest BCUT2D eigenvalue weighted by atomic mass is 32.1. The summed E-state index contributed by atoms with van der Waals surface area (Å²) >= 11 is 1.08. The summed E-state index contributed by atoms with van der Waals surface area (Å²) in [4.78, 5) is 71.1. The lowest BCUT2D eigenvalue weighted by Gasteiger charge is -2.37. The maximum Gasteiger partial charge on any atom is 0.410 e. The zero-order valence-electron chi connectivity index (χ0n) is 27.8. The Morgan fingerprint density at radius 3 is 2.00 bits per heavy atom. The molecular weight excluding hydrogens is 574 g/mol. The molecule has 0 saturated heterocycles. The van der Waals surface area contributed by atoms with E-state index in [1.807, 2.05) is 41.5 Å². The van der Waals surface area contributed by atoms with E-state index in [2.05, 4.69) is 4.98 Å². The molecule has 12 heteroatoms. The second kappa shape index (κ2) is 16.2. The number of carboxylic acids is 1. The van der Waals surface area contributed by atoms with Crippen LogP contribution in [0.25, 0.3) is 0 Å². The standard InChI is InChI=1S/C31H51N3O8S/c1-13-19(6)21(14-24(36)26(18(4)5)34(12)30(40)42-31(8,9)10)28(37)33(11)23(17(2)3)15-25(41-20(7)35)27-32-22(16-43-27)29(38)39/h16-19,21,23,25-26H,13-15H2,1-12H3,(H,38,39)/t19-,21-,23+,25+,26+/m0/s1. The number of aromatic carboxylic acids is 1. The number of thiazole rings is 1. The predicted octanol–water partition coefficient (Wildman–Crippen LogP) is 5.83. The van der Waals surface area contributed by atoms with Gasteiger partial charge in [0.25, 0.3) is 0 Å². The van der Waals surface area contributed by atoms with Crippen LogP contribution >= 0.6 is 11.3 Å². The van der Waals surface area contributed by atoms with Gasteiger partial charge in [-0.3, -0.25) is 14.4 Å². The molecule has 1 aromatic rings. The molecular formula is C31H51N3O8S. The molecule has 0 aliphatic rings. The van der Waals surface area contributed by atoms with E-state index in [1.165, 1.54) is 17.2 Å². The molecule has 1 heterocycles. The van der Waals surface area contributed by atoms with Crippen molar-refractivity contribution in [2.75, 3.05) is 14.1 Å². The van der Waals surface area contributed by atoms with Crippen LogP contribution < -0.4 is 0 Å². The van der Waals surface area contributed by atoms with Crippen molar-refractivity contribution in [3.8, 4) is 0 Å². The number of hydrogen-bond donors (Lipinski definition) is 1. The molecule has 0 saturated carbocycles. The van der Waals surface area contributed by atoms with Crippen LogP contribution in [0.5, 0.6) is 0 Å². The van der Waals surface area contributed by atoms with E-state index in [1.54, 1.807) is 39.8 Å². The minimum absolute atomic E-state index is 0.0548. The van der Waals surface area contributed by atoms with Crippen LogP contribution in [0.2, 0.25) is 0 Å². The number of ketones is 1.